The average Bonchev–Trinajstić information content (AvgIpc) is 3.32. The van der Waals surface area contributed by atoms with Crippen LogP contribution < -0.4 is 10.6 Å². The van der Waals surface area contributed by atoms with Crippen molar-refractivity contribution in [2.75, 3.05) is 16.4 Å². The number of anilines is 2. The number of non-ortho nitro benzene ring substituents is 1. The molecular weight excluding hydrogens is 552 g/mol. The number of rotatable bonds is 8. The average molecular weight is 569 g/mol. The highest BCUT2D eigenvalue weighted by Gasteiger charge is 2.11. The number of benzene rings is 3. The minimum Gasteiger partial charge on any atom is -0.322 e. The zero-order chi connectivity index (χ0) is 24.8. The summed E-state index contributed by atoms with van der Waals surface area (Å²) in [5.41, 5.74) is 2.59. The Morgan fingerprint density at radius 1 is 0.971 bits per heavy atom. The molecule has 35 heavy (non-hydrogen) atoms. The van der Waals surface area contributed by atoms with Gasteiger partial charge in [-0.2, -0.15) is 0 Å². The number of nitro groups is 1. The molecule has 1 aromatic heterocycles. The van der Waals surface area contributed by atoms with Crippen LogP contribution in [0.1, 0.15) is 10.4 Å². The van der Waals surface area contributed by atoms with E-state index in [0.717, 1.165) is 20.6 Å². The standard InChI is InChI=1S/C24H17BrN4O4S2/c25-17-5-1-15(2-6-17)21-13-35-24(27-21)28-22(30)14-34-20-11-7-18(8-12-20)26-23(31)16-3-9-19(10-4-16)29(32)33/h1-13H,14H2,(H,26,31)(H,27,28,30). The molecule has 0 aliphatic heterocycles. The molecule has 0 aliphatic rings. The predicted molar refractivity (Wildman–Crippen MR) is 142 cm³/mol. The second-order valence-corrected chi connectivity index (χ2v) is 9.99. The summed E-state index contributed by atoms with van der Waals surface area (Å²) < 4.78 is 0.988. The van der Waals surface area contributed by atoms with Gasteiger partial charge in [0.1, 0.15) is 0 Å². The van der Waals surface area contributed by atoms with Gasteiger partial charge in [-0.15, -0.1) is 23.1 Å². The lowest BCUT2D eigenvalue weighted by molar-refractivity contribution is -0.384. The number of amides is 2. The van der Waals surface area contributed by atoms with Crippen LogP contribution in [0.5, 0.6) is 0 Å². The summed E-state index contributed by atoms with van der Waals surface area (Å²) in [5.74, 6) is -0.324. The van der Waals surface area contributed by atoms with Gasteiger partial charge in [0.25, 0.3) is 11.6 Å². The third-order valence-electron chi connectivity index (χ3n) is 4.71. The third-order valence-corrected chi connectivity index (χ3v) is 7.01. The highest BCUT2D eigenvalue weighted by molar-refractivity contribution is 9.10. The lowest BCUT2D eigenvalue weighted by Crippen LogP contribution is -2.13. The number of nitrogens with zero attached hydrogens (tertiary/aromatic N) is 2. The van der Waals surface area contributed by atoms with Gasteiger partial charge in [-0.1, -0.05) is 28.1 Å². The van der Waals surface area contributed by atoms with E-state index in [1.807, 2.05) is 29.6 Å². The number of thioether (sulfide) groups is 1. The fraction of sp³-hybridized carbons (Fsp3) is 0.0417. The van der Waals surface area contributed by atoms with Crippen LogP contribution in [0.15, 0.2) is 87.5 Å². The van der Waals surface area contributed by atoms with E-state index in [2.05, 4.69) is 31.5 Å². The largest absolute Gasteiger partial charge is 0.322 e. The molecule has 4 rings (SSSR count). The van der Waals surface area contributed by atoms with Crippen LogP contribution in [0.25, 0.3) is 11.3 Å². The van der Waals surface area contributed by atoms with Gasteiger partial charge in [0.15, 0.2) is 5.13 Å². The minimum atomic E-state index is -0.517. The molecule has 176 valence electrons. The van der Waals surface area contributed by atoms with Gasteiger partial charge in [-0.25, -0.2) is 4.98 Å². The normalized spacial score (nSPS) is 10.5. The lowest BCUT2D eigenvalue weighted by atomic mass is 10.2. The number of nitro benzene ring substituents is 1. The molecule has 4 aromatic rings. The molecule has 0 radical (unpaired) electrons. The summed E-state index contributed by atoms with van der Waals surface area (Å²) in [5, 5.41) is 18.7. The summed E-state index contributed by atoms with van der Waals surface area (Å²) >= 11 is 6.14. The van der Waals surface area contributed by atoms with E-state index in [4.69, 9.17) is 0 Å². The first-order chi connectivity index (χ1) is 16.9. The monoisotopic (exact) mass is 568 g/mol. The number of hydrogen-bond donors (Lipinski definition) is 2. The van der Waals surface area contributed by atoms with E-state index in [1.165, 1.54) is 47.4 Å². The maximum Gasteiger partial charge on any atom is 0.269 e. The molecule has 0 saturated carbocycles. The van der Waals surface area contributed by atoms with Crippen LogP contribution >= 0.6 is 39.0 Å². The number of halogens is 1. The van der Waals surface area contributed by atoms with Gasteiger partial charge in [-0.3, -0.25) is 19.7 Å². The minimum absolute atomic E-state index is 0.0770. The zero-order valence-electron chi connectivity index (χ0n) is 17.9. The molecule has 3 aromatic carbocycles. The van der Waals surface area contributed by atoms with E-state index in [1.54, 1.807) is 24.3 Å². The van der Waals surface area contributed by atoms with Gasteiger partial charge >= 0.3 is 0 Å². The van der Waals surface area contributed by atoms with Crippen LogP contribution in [-0.4, -0.2) is 27.5 Å². The Bertz CT molecular complexity index is 1360. The van der Waals surface area contributed by atoms with Crippen LogP contribution in [0.4, 0.5) is 16.5 Å². The molecule has 8 nitrogen and oxygen atoms in total. The fourth-order valence-corrected chi connectivity index (χ4v) is 4.66. The first-order valence-electron chi connectivity index (χ1n) is 10.2. The summed E-state index contributed by atoms with van der Waals surface area (Å²) in [6.45, 7) is 0. The number of carbonyl (C=O) groups excluding carboxylic acids is 2. The van der Waals surface area contributed by atoms with E-state index in [-0.39, 0.29) is 23.3 Å². The van der Waals surface area contributed by atoms with Crippen molar-refractivity contribution in [2.24, 2.45) is 0 Å². The van der Waals surface area contributed by atoms with E-state index < -0.39 is 4.92 Å². The molecule has 0 spiro atoms. The van der Waals surface area contributed by atoms with Crippen molar-refractivity contribution >= 4 is 67.3 Å². The van der Waals surface area contributed by atoms with Crippen molar-refractivity contribution in [1.82, 2.24) is 4.98 Å². The number of carbonyl (C=O) groups is 2. The maximum absolute atomic E-state index is 12.3. The van der Waals surface area contributed by atoms with Gasteiger partial charge in [0, 0.05) is 43.7 Å². The molecule has 0 atom stereocenters. The summed E-state index contributed by atoms with van der Waals surface area (Å²) in [6, 6.07) is 20.2. The zero-order valence-corrected chi connectivity index (χ0v) is 21.2. The third kappa shape index (κ3) is 6.75. The molecule has 1 heterocycles. The number of thiazole rings is 1. The summed E-state index contributed by atoms with van der Waals surface area (Å²) in [7, 11) is 0. The Kier molecular flexibility index (Phi) is 7.91. The number of aromatic nitrogens is 1. The first-order valence-corrected chi connectivity index (χ1v) is 12.8. The van der Waals surface area contributed by atoms with Crippen LogP contribution in [-0.2, 0) is 4.79 Å². The smallest absolute Gasteiger partial charge is 0.269 e. The van der Waals surface area contributed by atoms with Crippen molar-refractivity contribution in [2.45, 2.75) is 4.90 Å². The van der Waals surface area contributed by atoms with Crippen molar-refractivity contribution in [1.29, 1.82) is 0 Å². The molecule has 0 saturated heterocycles. The fourth-order valence-electron chi connectivity index (χ4n) is 2.96. The van der Waals surface area contributed by atoms with Crippen LogP contribution in [0.2, 0.25) is 0 Å². The van der Waals surface area contributed by atoms with Crippen LogP contribution in [0, 0.1) is 10.1 Å². The Morgan fingerprint density at radius 3 is 2.31 bits per heavy atom. The molecule has 0 unspecified atom stereocenters. The quantitative estimate of drug-likeness (QED) is 0.143. The van der Waals surface area contributed by atoms with Crippen molar-refractivity contribution in [3.05, 3.63) is 98.3 Å². The van der Waals surface area contributed by atoms with Crippen molar-refractivity contribution in [3.8, 4) is 11.3 Å². The second kappa shape index (κ2) is 11.3. The maximum atomic E-state index is 12.3. The Hall–Kier alpha value is -3.54. The molecule has 2 N–H and O–H groups in total. The highest BCUT2D eigenvalue weighted by atomic mass is 79.9. The SMILES string of the molecule is O=C(CSc1ccc(NC(=O)c2ccc([N+](=O)[O-])cc2)cc1)Nc1nc(-c2ccc(Br)cc2)cs1. The van der Waals surface area contributed by atoms with Crippen LogP contribution in [0.3, 0.4) is 0 Å². The summed E-state index contributed by atoms with van der Waals surface area (Å²) in [6.07, 6.45) is 0. The van der Waals surface area contributed by atoms with E-state index >= 15 is 0 Å². The highest BCUT2D eigenvalue weighted by Crippen LogP contribution is 2.27. The molecule has 2 amide bonds. The molecule has 0 aliphatic carbocycles. The first kappa shape index (κ1) is 24.6. The lowest BCUT2D eigenvalue weighted by Gasteiger charge is -2.07. The van der Waals surface area contributed by atoms with Gasteiger partial charge in [0.2, 0.25) is 5.91 Å². The topological polar surface area (TPSA) is 114 Å². The van der Waals surface area contributed by atoms with Gasteiger partial charge < -0.3 is 10.6 Å². The van der Waals surface area contributed by atoms with E-state index in [0.29, 0.717) is 16.4 Å². The molecule has 11 heteroatoms. The molecule has 0 bridgehead atoms. The Morgan fingerprint density at radius 2 is 1.66 bits per heavy atom. The summed E-state index contributed by atoms with van der Waals surface area (Å²) in [4.78, 5) is 40.2. The van der Waals surface area contributed by atoms with E-state index in [9.17, 15) is 19.7 Å². The van der Waals surface area contributed by atoms with Crippen molar-refractivity contribution in [3.63, 3.8) is 0 Å². The van der Waals surface area contributed by atoms with Crippen molar-refractivity contribution < 1.29 is 14.5 Å². The molecular formula is C24H17BrN4O4S2. The second-order valence-electron chi connectivity index (χ2n) is 7.16. The predicted octanol–water partition coefficient (Wildman–Crippen LogP) is 6.46. The number of nitrogens with one attached hydrogen (secondary N) is 2. The van der Waals surface area contributed by atoms with Gasteiger partial charge in [0.05, 0.1) is 16.4 Å². The number of hydrogen-bond acceptors (Lipinski definition) is 7. The Balaban J connectivity index is 1.26. The Labute approximate surface area is 217 Å². The molecule has 0 fully saturated rings. The van der Waals surface area contributed by atoms with Gasteiger partial charge in [-0.05, 0) is 48.5 Å².